The van der Waals surface area contributed by atoms with Crippen LogP contribution in [0.15, 0.2) is 0 Å². The summed E-state index contributed by atoms with van der Waals surface area (Å²) in [6.45, 7) is 7.23. The maximum Gasteiger partial charge on any atom is 0.274 e. The van der Waals surface area contributed by atoms with Crippen molar-refractivity contribution in [3.05, 3.63) is 17.0 Å². The number of hydrogen-bond donors (Lipinski definition) is 1. The number of nitrogens with one attached hydrogen (secondary N) is 1. The minimum atomic E-state index is -0.0252. The van der Waals surface area contributed by atoms with Crippen LogP contribution in [-0.2, 0) is 15.9 Å². The van der Waals surface area contributed by atoms with Crippen molar-refractivity contribution < 1.29 is 14.3 Å². The fourth-order valence-corrected chi connectivity index (χ4v) is 3.74. The van der Waals surface area contributed by atoms with E-state index >= 15 is 0 Å². The van der Waals surface area contributed by atoms with Gasteiger partial charge in [0.2, 0.25) is 0 Å². The molecule has 4 rings (SSSR count). The highest BCUT2D eigenvalue weighted by molar-refractivity contribution is 5.94. The summed E-state index contributed by atoms with van der Waals surface area (Å²) < 4.78 is 11.1. The predicted molar refractivity (Wildman–Crippen MR) is 75.0 cm³/mol. The summed E-state index contributed by atoms with van der Waals surface area (Å²) in [4.78, 5) is 14.7. The third-order valence-corrected chi connectivity index (χ3v) is 4.98. The van der Waals surface area contributed by atoms with Crippen molar-refractivity contribution in [3.8, 4) is 0 Å². The highest BCUT2D eigenvalue weighted by Crippen LogP contribution is 2.38. The van der Waals surface area contributed by atoms with Crippen LogP contribution in [0.4, 0.5) is 0 Å². The molecule has 0 saturated carbocycles. The first-order valence-corrected chi connectivity index (χ1v) is 7.68. The Kier molecular flexibility index (Phi) is 2.87. The second-order valence-electron chi connectivity index (χ2n) is 6.73. The van der Waals surface area contributed by atoms with E-state index in [1.165, 1.54) is 0 Å². The van der Waals surface area contributed by atoms with E-state index in [-0.39, 0.29) is 23.5 Å². The van der Waals surface area contributed by atoms with Crippen LogP contribution in [0.3, 0.4) is 0 Å². The van der Waals surface area contributed by atoms with E-state index in [1.807, 2.05) is 18.7 Å². The van der Waals surface area contributed by atoms with Gasteiger partial charge in [-0.2, -0.15) is 5.10 Å². The molecule has 3 aliphatic heterocycles. The Labute approximate surface area is 123 Å². The Morgan fingerprint density at radius 2 is 2.24 bits per heavy atom. The number of ether oxygens (including phenoxy) is 2. The third-order valence-electron chi connectivity index (χ3n) is 4.98. The molecule has 114 valence electrons. The zero-order chi connectivity index (χ0) is 14.6. The lowest BCUT2D eigenvalue weighted by molar-refractivity contribution is -0.103. The molecule has 0 aliphatic carbocycles. The van der Waals surface area contributed by atoms with E-state index < -0.39 is 0 Å². The lowest BCUT2D eigenvalue weighted by atomic mass is 9.85. The molecule has 1 amide bonds. The molecule has 1 N–H and O–H groups in total. The molecular formula is C15H21N3O3. The van der Waals surface area contributed by atoms with E-state index in [4.69, 9.17) is 9.47 Å². The van der Waals surface area contributed by atoms with Gasteiger partial charge in [-0.25, -0.2) is 0 Å². The van der Waals surface area contributed by atoms with E-state index in [2.05, 4.69) is 10.2 Å². The van der Waals surface area contributed by atoms with Crippen molar-refractivity contribution in [2.45, 2.75) is 38.9 Å². The van der Waals surface area contributed by atoms with Crippen LogP contribution in [0.2, 0.25) is 0 Å². The Morgan fingerprint density at radius 1 is 1.43 bits per heavy atom. The molecule has 2 fully saturated rings. The number of hydrogen-bond acceptors (Lipinski definition) is 4. The van der Waals surface area contributed by atoms with Gasteiger partial charge >= 0.3 is 0 Å². The third kappa shape index (κ3) is 2.00. The van der Waals surface area contributed by atoms with Crippen LogP contribution in [0.25, 0.3) is 0 Å². The first kappa shape index (κ1) is 13.3. The number of carbonyl (C=O) groups excluding carboxylic acids is 1. The van der Waals surface area contributed by atoms with Gasteiger partial charge < -0.3 is 14.4 Å². The van der Waals surface area contributed by atoms with Gasteiger partial charge in [-0.05, 0) is 20.3 Å². The Bertz CT molecular complexity index is 579. The van der Waals surface area contributed by atoms with E-state index in [0.29, 0.717) is 5.69 Å². The van der Waals surface area contributed by atoms with E-state index in [0.717, 1.165) is 50.4 Å². The standard InChI is InChI=1S/C15H21N3O3/c1-9-5-11-12(10(2)21-9)16-17-13(11)14(19)18-4-3-15(6-18)7-20-8-15/h9-10H,3-8H2,1-2H3,(H,16,17)/t9-,10+/m1/s1. The molecular weight excluding hydrogens is 270 g/mol. The Hall–Kier alpha value is -1.40. The number of nitrogens with zero attached hydrogens (tertiary/aromatic N) is 2. The summed E-state index contributed by atoms with van der Waals surface area (Å²) in [6.07, 6.45) is 1.89. The molecule has 6 heteroatoms. The van der Waals surface area contributed by atoms with Crippen LogP contribution in [0.5, 0.6) is 0 Å². The molecule has 0 radical (unpaired) electrons. The molecule has 0 bridgehead atoms. The lowest BCUT2D eigenvalue weighted by Crippen LogP contribution is -2.45. The van der Waals surface area contributed by atoms with Crippen LogP contribution in [0, 0.1) is 5.41 Å². The molecule has 2 atom stereocenters. The van der Waals surface area contributed by atoms with Crippen molar-refractivity contribution >= 4 is 5.91 Å². The summed E-state index contributed by atoms with van der Waals surface area (Å²) in [5.41, 5.74) is 2.80. The fourth-order valence-electron chi connectivity index (χ4n) is 3.74. The number of aromatic amines is 1. The minimum Gasteiger partial charge on any atom is -0.380 e. The molecule has 4 heterocycles. The van der Waals surface area contributed by atoms with Crippen molar-refractivity contribution in [1.29, 1.82) is 0 Å². The summed E-state index contributed by atoms with van der Waals surface area (Å²) in [5.74, 6) is 0.0533. The number of fused-ring (bicyclic) bond motifs is 1. The van der Waals surface area contributed by atoms with Crippen molar-refractivity contribution in [3.63, 3.8) is 0 Å². The summed E-state index contributed by atoms with van der Waals surface area (Å²) >= 11 is 0. The number of likely N-dealkylation sites (tertiary alicyclic amines) is 1. The molecule has 1 spiro atoms. The monoisotopic (exact) mass is 291 g/mol. The van der Waals surface area contributed by atoms with Gasteiger partial charge in [0.05, 0.1) is 31.1 Å². The molecule has 6 nitrogen and oxygen atoms in total. The Balaban J connectivity index is 1.58. The first-order chi connectivity index (χ1) is 10.1. The normalized spacial score (nSPS) is 30.3. The second kappa shape index (κ2) is 4.55. The molecule has 1 aromatic rings. The van der Waals surface area contributed by atoms with Gasteiger partial charge in [0.25, 0.3) is 5.91 Å². The zero-order valence-electron chi connectivity index (χ0n) is 12.5. The lowest BCUT2D eigenvalue weighted by Gasteiger charge is -2.37. The molecule has 2 saturated heterocycles. The van der Waals surface area contributed by atoms with Crippen LogP contribution >= 0.6 is 0 Å². The van der Waals surface area contributed by atoms with Gasteiger partial charge in [-0.15, -0.1) is 0 Å². The number of aromatic nitrogens is 2. The molecule has 3 aliphatic rings. The maximum atomic E-state index is 12.8. The largest absolute Gasteiger partial charge is 0.380 e. The number of amides is 1. The number of H-pyrrole nitrogens is 1. The molecule has 1 aromatic heterocycles. The SMILES string of the molecule is C[C@@H]1Cc2c(C(=O)N3CCC4(COC4)C3)n[nH]c2[C@H](C)O1. The average molecular weight is 291 g/mol. The van der Waals surface area contributed by atoms with Crippen LogP contribution in [-0.4, -0.2) is 53.4 Å². The quantitative estimate of drug-likeness (QED) is 0.847. The van der Waals surface area contributed by atoms with Crippen molar-refractivity contribution in [2.75, 3.05) is 26.3 Å². The van der Waals surface area contributed by atoms with E-state index in [1.54, 1.807) is 0 Å². The van der Waals surface area contributed by atoms with E-state index in [9.17, 15) is 4.79 Å². The van der Waals surface area contributed by atoms with Crippen molar-refractivity contribution in [2.24, 2.45) is 5.41 Å². The molecule has 21 heavy (non-hydrogen) atoms. The second-order valence-corrected chi connectivity index (χ2v) is 6.73. The smallest absolute Gasteiger partial charge is 0.274 e. The highest BCUT2D eigenvalue weighted by atomic mass is 16.5. The highest BCUT2D eigenvalue weighted by Gasteiger charge is 2.46. The average Bonchev–Trinajstić information content (AvgIpc) is 3.01. The minimum absolute atomic E-state index is 0.0252. The van der Waals surface area contributed by atoms with Crippen molar-refractivity contribution in [1.82, 2.24) is 15.1 Å². The number of rotatable bonds is 1. The summed E-state index contributed by atoms with van der Waals surface area (Å²) in [6, 6.07) is 0. The summed E-state index contributed by atoms with van der Waals surface area (Å²) in [7, 11) is 0. The Morgan fingerprint density at radius 3 is 2.90 bits per heavy atom. The predicted octanol–water partition coefficient (Wildman–Crippen LogP) is 1.29. The van der Waals surface area contributed by atoms with Gasteiger partial charge in [-0.3, -0.25) is 9.89 Å². The van der Waals surface area contributed by atoms with Gasteiger partial charge in [0, 0.05) is 30.5 Å². The first-order valence-electron chi connectivity index (χ1n) is 7.68. The maximum absolute atomic E-state index is 12.8. The van der Waals surface area contributed by atoms with Gasteiger partial charge in [-0.1, -0.05) is 0 Å². The summed E-state index contributed by atoms with van der Waals surface area (Å²) in [5, 5.41) is 7.29. The topological polar surface area (TPSA) is 67.5 Å². The van der Waals surface area contributed by atoms with Gasteiger partial charge in [0.15, 0.2) is 5.69 Å². The zero-order valence-corrected chi connectivity index (χ0v) is 12.5. The molecule has 0 unspecified atom stereocenters. The van der Waals surface area contributed by atoms with Gasteiger partial charge in [0.1, 0.15) is 0 Å². The van der Waals surface area contributed by atoms with Crippen LogP contribution in [0.1, 0.15) is 48.1 Å². The van der Waals surface area contributed by atoms with Crippen LogP contribution < -0.4 is 0 Å². The molecule has 0 aromatic carbocycles. The number of carbonyl (C=O) groups is 1. The fraction of sp³-hybridized carbons (Fsp3) is 0.733.